The van der Waals surface area contributed by atoms with Crippen LogP contribution in [0.5, 0.6) is 0 Å². The number of hydrogen-bond donors (Lipinski definition) is 1. The molecule has 0 spiro atoms. The molecule has 23 heavy (non-hydrogen) atoms. The zero-order chi connectivity index (χ0) is 17.2. The van der Waals surface area contributed by atoms with Crippen molar-refractivity contribution >= 4 is 11.9 Å². The Balaban J connectivity index is 2.65. The molecule has 0 bridgehead atoms. The zero-order valence-corrected chi connectivity index (χ0v) is 13.8. The summed E-state index contributed by atoms with van der Waals surface area (Å²) in [7, 11) is 0. The topological polar surface area (TPSA) is 93.9 Å². The van der Waals surface area contributed by atoms with E-state index in [-0.39, 0.29) is 30.0 Å². The van der Waals surface area contributed by atoms with E-state index in [0.29, 0.717) is 45.6 Å². The quantitative estimate of drug-likeness (QED) is 0.417. The van der Waals surface area contributed by atoms with Gasteiger partial charge < -0.3 is 19.6 Å². The van der Waals surface area contributed by atoms with Crippen molar-refractivity contribution in [2.75, 3.05) is 39.4 Å². The van der Waals surface area contributed by atoms with Gasteiger partial charge in [-0.25, -0.2) is 0 Å². The first-order chi connectivity index (χ1) is 11.1. The first kappa shape index (κ1) is 19.0. The summed E-state index contributed by atoms with van der Waals surface area (Å²) in [5.74, 6) is -0.711. The van der Waals surface area contributed by atoms with E-state index in [9.17, 15) is 14.9 Å². The van der Waals surface area contributed by atoms with E-state index in [1.54, 1.807) is 16.7 Å². The van der Waals surface area contributed by atoms with Gasteiger partial charge in [0.05, 0.1) is 19.1 Å². The number of aliphatic hydroxyl groups is 1. The van der Waals surface area contributed by atoms with Gasteiger partial charge in [0.1, 0.15) is 11.6 Å². The van der Waals surface area contributed by atoms with E-state index >= 15 is 0 Å². The summed E-state index contributed by atoms with van der Waals surface area (Å²) in [4.78, 5) is 27.4. The lowest BCUT2D eigenvalue weighted by molar-refractivity contribution is -0.150. The van der Waals surface area contributed by atoms with Crippen LogP contribution in [0.15, 0.2) is 11.8 Å². The molecule has 7 nitrogen and oxygen atoms in total. The maximum atomic E-state index is 12.4. The summed E-state index contributed by atoms with van der Waals surface area (Å²) in [6.45, 7) is 5.83. The molecule has 0 atom stereocenters. The third kappa shape index (κ3) is 5.57. The number of ether oxygens (including phenoxy) is 1. The number of likely N-dealkylation sites (N-methyl/N-ethyl adjacent to an activating group) is 1. The molecule has 1 saturated heterocycles. The Morgan fingerprint density at radius 2 is 2.04 bits per heavy atom. The number of nitriles is 1. The number of amides is 1. The number of aliphatic hydroxyl groups excluding tert-OH is 1. The molecule has 0 aromatic rings. The first-order valence-electron chi connectivity index (χ1n) is 8.00. The van der Waals surface area contributed by atoms with E-state index in [1.807, 2.05) is 13.0 Å². The van der Waals surface area contributed by atoms with Crippen molar-refractivity contribution in [3.63, 3.8) is 0 Å². The molecule has 0 unspecified atom stereocenters. The van der Waals surface area contributed by atoms with Crippen LogP contribution in [0.3, 0.4) is 0 Å². The lowest BCUT2D eigenvalue weighted by Gasteiger charge is -2.31. The Bertz CT molecular complexity index is 476. The maximum absolute atomic E-state index is 12.4. The summed E-state index contributed by atoms with van der Waals surface area (Å²) in [5.41, 5.74) is 0.0508. The fourth-order valence-electron chi connectivity index (χ4n) is 2.51. The fourth-order valence-corrected chi connectivity index (χ4v) is 2.51. The van der Waals surface area contributed by atoms with Crippen LogP contribution in [0.4, 0.5) is 0 Å². The second kappa shape index (κ2) is 9.85. The molecule has 1 heterocycles. The van der Waals surface area contributed by atoms with Gasteiger partial charge >= 0.3 is 5.97 Å². The van der Waals surface area contributed by atoms with Crippen molar-refractivity contribution in [1.82, 2.24) is 9.80 Å². The summed E-state index contributed by atoms with van der Waals surface area (Å²) in [5, 5.41) is 18.2. The minimum atomic E-state index is -0.328. The Hall–Kier alpha value is -2.07. The molecule has 0 saturated carbocycles. The average molecular weight is 323 g/mol. The molecule has 0 aromatic carbocycles. The number of piperidine rings is 1. The third-order valence-electron chi connectivity index (χ3n) is 3.86. The highest BCUT2D eigenvalue weighted by Gasteiger charge is 2.29. The van der Waals surface area contributed by atoms with Crippen molar-refractivity contribution in [2.45, 2.75) is 26.7 Å². The second-order valence-corrected chi connectivity index (χ2v) is 5.33. The molecule has 1 amide bonds. The predicted octanol–water partition coefficient (Wildman–Crippen LogP) is 0.510. The molecule has 1 aliphatic rings. The molecule has 1 rings (SSSR count). The minimum absolute atomic E-state index is 0.0395. The van der Waals surface area contributed by atoms with Crippen LogP contribution in [-0.4, -0.2) is 66.2 Å². The lowest BCUT2D eigenvalue weighted by atomic mass is 9.96. The summed E-state index contributed by atoms with van der Waals surface area (Å²) in [6.07, 6.45) is 2.60. The minimum Gasteiger partial charge on any atom is -0.466 e. The van der Waals surface area contributed by atoms with Gasteiger partial charge in [0.15, 0.2) is 0 Å². The number of esters is 1. The Labute approximate surface area is 137 Å². The van der Waals surface area contributed by atoms with Gasteiger partial charge in [-0.3, -0.25) is 9.59 Å². The van der Waals surface area contributed by atoms with E-state index in [0.717, 1.165) is 0 Å². The molecule has 128 valence electrons. The van der Waals surface area contributed by atoms with Gasteiger partial charge in [-0.1, -0.05) is 0 Å². The molecule has 7 heteroatoms. The average Bonchev–Trinajstić information content (AvgIpc) is 2.58. The Morgan fingerprint density at radius 3 is 2.52 bits per heavy atom. The van der Waals surface area contributed by atoms with E-state index in [4.69, 9.17) is 9.84 Å². The number of likely N-dealkylation sites (tertiary alicyclic amines) is 1. The lowest BCUT2D eigenvalue weighted by Crippen LogP contribution is -2.41. The van der Waals surface area contributed by atoms with E-state index in [1.165, 1.54) is 6.20 Å². The first-order valence-corrected chi connectivity index (χ1v) is 8.00. The van der Waals surface area contributed by atoms with Crippen LogP contribution >= 0.6 is 0 Å². The number of rotatable bonds is 7. The van der Waals surface area contributed by atoms with Crippen LogP contribution < -0.4 is 0 Å². The number of nitrogens with zero attached hydrogens (tertiary/aromatic N) is 3. The highest BCUT2D eigenvalue weighted by molar-refractivity contribution is 5.97. The number of carbonyl (C=O) groups excluding carboxylic acids is 2. The molecule has 0 aromatic heterocycles. The molecule has 1 fully saturated rings. The van der Waals surface area contributed by atoms with E-state index < -0.39 is 0 Å². The number of carbonyl (C=O) groups is 2. The largest absolute Gasteiger partial charge is 0.466 e. The van der Waals surface area contributed by atoms with Gasteiger partial charge in [-0.2, -0.15) is 5.26 Å². The highest BCUT2D eigenvalue weighted by Crippen LogP contribution is 2.20. The monoisotopic (exact) mass is 323 g/mol. The van der Waals surface area contributed by atoms with Crippen LogP contribution in [0, 0.1) is 17.2 Å². The molecular formula is C16H25N3O4. The standard InChI is InChI=1S/C16H25N3O4/c1-3-18(9-10-20)12-14(11-17)15(21)19-7-5-13(6-8-19)16(22)23-4-2/h12-13,20H,3-10H2,1-2H3/b14-12-. The number of hydrogen-bond acceptors (Lipinski definition) is 6. The van der Waals surface area contributed by atoms with Gasteiger partial charge in [-0.15, -0.1) is 0 Å². The molecule has 1 aliphatic heterocycles. The predicted molar refractivity (Wildman–Crippen MR) is 84.0 cm³/mol. The van der Waals surface area contributed by atoms with Crippen molar-refractivity contribution in [3.05, 3.63) is 11.8 Å². The fraction of sp³-hybridized carbons (Fsp3) is 0.688. The van der Waals surface area contributed by atoms with Crippen molar-refractivity contribution in [1.29, 1.82) is 5.26 Å². The Kier molecular flexibility index (Phi) is 8.13. The van der Waals surface area contributed by atoms with Gasteiger partial charge in [0, 0.05) is 32.4 Å². The summed E-state index contributed by atoms with van der Waals surface area (Å²) < 4.78 is 5.00. The second-order valence-electron chi connectivity index (χ2n) is 5.33. The van der Waals surface area contributed by atoms with Crippen LogP contribution in [0.25, 0.3) is 0 Å². The molecule has 0 radical (unpaired) electrons. The van der Waals surface area contributed by atoms with E-state index in [2.05, 4.69) is 0 Å². The molecule has 1 N–H and O–H groups in total. The normalized spacial score (nSPS) is 15.9. The van der Waals surface area contributed by atoms with Gasteiger partial charge in [0.25, 0.3) is 5.91 Å². The zero-order valence-electron chi connectivity index (χ0n) is 13.8. The smallest absolute Gasteiger partial charge is 0.309 e. The van der Waals surface area contributed by atoms with Crippen LogP contribution in [-0.2, 0) is 14.3 Å². The van der Waals surface area contributed by atoms with Crippen molar-refractivity contribution in [2.24, 2.45) is 5.92 Å². The Morgan fingerprint density at radius 1 is 1.39 bits per heavy atom. The third-order valence-corrected chi connectivity index (χ3v) is 3.86. The highest BCUT2D eigenvalue weighted by atomic mass is 16.5. The van der Waals surface area contributed by atoms with Gasteiger partial charge in [0.2, 0.25) is 0 Å². The van der Waals surface area contributed by atoms with Crippen molar-refractivity contribution < 1.29 is 19.4 Å². The summed E-state index contributed by atoms with van der Waals surface area (Å²) >= 11 is 0. The summed E-state index contributed by atoms with van der Waals surface area (Å²) in [6, 6.07) is 1.93. The van der Waals surface area contributed by atoms with Crippen LogP contribution in [0.1, 0.15) is 26.7 Å². The SMILES string of the molecule is CCOC(=O)C1CCN(C(=O)/C(C#N)=C\N(CC)CCO)CC1. The van der Waals surface area contributed by atoms with Crippen LogP contribution in [0.2, 0.25) is 0 Å². The van der Waals surface area contributed by atoms with Crippen molar-refractivity contribution in [3.8, 4) is 6.07 Å². The molecular weight excluding hydrogens is 298 g/mol. The van der Waals surface area contributed by atoms with Gasteiger partial charge in [-0.05, 0) is 26.7 Å². The molecule has 0 aliphatic carbocycles. The maximum Gasteiger partial charge on any atom is 0.309 e.